The van der Waals surface area contributed by atoms with Crippen LogP contribution >= 0.6 is 0 Å². The van der Waals surface area contributed by atoms with Crippen LogP contribution in [0, 0.1) is 0 Å². The highest BCUT2D eigenvalue weighted by Gasteiger charge is 2.25. The number of ether oxygens (including phenoxy) is 2. The van der Waals surface area contributed by atoms with Gasteiger partial charge >= 0.3 is 6.09 Å². The average molecular weight is 327 g/mol. The van der Waals surface area contributed by atoms with Crippen molar-refractivity contribution in [3.8, 4) is 0 Å². The molecule has 1 aromatic carbocycles. The highest BCUT2D eigenvalue weighted by Crippen LogP contribution is 2.25. The lowest BCUT2D eigenvalue weighted by Gasteiger charge is -2.29. The summed E-state index contributed by atoms with van der Waals surface area (Å²) in [7, 11) is 0. The molecule has 0 saturated heterocycles. The van der Waals surface area contributed by atoms with E-state index in [0.29, 0.717) is 18.9 Å². The fourth-order valence-corrected chi connectivity index (χ4v) is 2.51. The summed E-state index contributed by atoms with van der Waals surface area (Å²) >= 11 is 0. The first kappa shape index (κ1) is 17.9. The smallest absolute Gasteiger partial charge is 0.414 e. The zero-order valence-electron chi connectivity index (χ0n) is 14.5. The summed E-state index contributed by atoms with van der Waals surface area (Å²) in [4.78, 5) is 14.2. The predicted octanol–water partition coefficient (Wildman–Crippen LogP) is 4.80. The van der Waals surface area contributed by atoms with Gasteiger partial charge in [-0.05, 0) is 38.3 Å². The Morgan fingerprint density at radius 2 is 2.04 bits per heavy atom. The minimum Gasteiger partial charge on any atom is -0.492 e. The second-order valence-corrected chi connectivity index (χ2v) is 5.71. The molecule has 2 rings (SSSR count). The Kier molecular flexibility index (Phi) is 6.67. The molecule has 0 N–H and O–H groups in total. The molecule has 0 atom stereocenters. The lowest BCUT2D eigenvalue weighted by atomic mass is 10.1. The van der Waals surface area contributed by atoms with Crippen LogP contribution in [0.2, 0.25) is 0 Å². The molecule has 0 aliphatic carbocycles. The summed E-state index contributed by atoms with van der Waals surface area (Å²) in [6, 6.07) is 9.67. The van der Waals surface area contributed by atoms with Gasteiger partial charge in [0.1, 0.15) is 12.4 Å². The third-order valence-electron chi connectivity index (χ3n) is 3.57. The van der Waals surface area contributed by atoms with Crippen molar-refractivity contribution in [3.05, 3.63) is 71.7 Å². The van der Waals surface area contributed by atoms with E-state index >= 15 is 0 Å². The highest BCUT2D eigenvalue weighted by atomic mass is 16.6. The Labute approximate surface area is 144 Å². The van der Waals surface area contributed by atoms with Crippen LogP contribution in [0.1, 0.15) is 32.3 Å². The molecule has 128 valence electrons. The van der Waals surface area contributed by atoms with Crippen LogP contribution in [0.3, 0.4) is 0 Å². The molecule has 0 radical (unpaired) electrons. The van der Waals surface area contributed by atoms with Crippen molar-refractivity contribution in [1.82, 2.24) is 4.90 Å². The van der Waals surface area contributed by atoms with Gasteiger partial charge in [0.15, 0.2) is 0 Å². The first-order chi connectivity index (χ1) is 11.6. The number of hydrogen-bond donors (Lipinski definition) is 0. The molecule has 1 heterocycles. The standard InChI is InChI=1S/C20H25NO3/c1-4-23-19(14-16(2)3)18-12-8-9-13-21(18)20(22)24-15-17-10-6-5-7-11-17/h5-7,10-12,14H,2,4,8-9,13,15H2,1,3H3/b19-14+. The molecule has 24 heavy (non-hydrogen) atoms. The molecular formula is C20H25NO3. The maximum atomic E-state index is 12.5. The molecule has 0 fully saturated rings. The van der Waals surface area contributed by atoms with Gasteiger partial charge in [-0.15, -0.1) is 0 Å². The average Bonchev–Trinajstić information content (AvgIpc) is 2.60. The Morgan fingerprint density at radius 3 is 2.71 bits per heavy atom. The monoisotopic (exact) mass is 327 g/mol. The van der Waals surface area contributed by atoms with E-state index in [-0.39, 0.29) is 12.7 Å². The Balaban J connectivity index is 2.11. The van der Waals surface area contributed by atoms with E-state index < -0.39 is 0 Å². The molecule has 0 spiro atoms. The van der Waals surface area contributed by atoms with Gasteiger partial charge in [-0.1, -0.05) is 48.6 Å². The van der Waals surface area contributed by atoms with Gasteiger partial charge in [0.05, 0.1) is 12.3 Å². The molecule has 0 saturated carbocycles. The van der Waals surface area contributed by atoms with Crippen molar-refractivity contribution in [3.63, 3.8) is 0 Å². The maximum Gasteiger partial charge on any atom is 0.414 e. The number of benzene rings is 1. The van der Waals surface area contributed by atoms with Crippen LogP contribution in [0.4, 0.5) is 4.79 Å². The second-order valence-electron chi connectivity index (χ2n) is 5.71. The molecule has 0 unspecified atom stereocenters. The number of hydrogen-bond acceptors (Lipinski definition) is 3. The lowest BCUT2D eigenvalue weighted by molar-refractivity contribution is 0.101. The van der Waals surface area contributed by atoms with E-state index in [4.69, 9.17) is 9.47 Å². The minimum absolute atomic E-state index is 0.262. The Bertz CT molecular complexity index is 632. The molecule has 1 aliphatic rings. The Hall–Kier alpha value is -2.49. The van der Waals surface area contributed by atoms with E-state index in [0.717, 1.165) is 29.7 Å². The molecule has 1 aromatic rings. The van der Waals surface area contributed by atoms with Crippen molar-refractivity contribution < 1.29 is 14.3 Å². The third kappa shape index (κ3) is 5.01. The van der Waals surface area contributed by atoms with Crippen LogP contribution in [0.25, 0.3) is 0 Å². The minimum atomic E-state index is -0.350. The van der Waals surface area contributed by atoms with Crippen LogP contribution in [-0.4, -0.2) is 24.1 Å². The largest absolute Gasteiger partial charge is 0.492 e. The number of allylic oxidation sites excluding steroid dienone is 3. The number of carbonyl (C=O) groups excluding carboxylic acids is 1. The first-order valence-corrected chi connectivity index (χ1v) is 8.30. The molecule has 1 amide bonds. The van der Waals surface area contributed by atoms with Gasteiger partial charge in [-0.3, -0.25) is 4.90 Å². The van der Waals surface area contributed by atoms with Crippen molar-refractivity contribution in [2.45, 2.75) is 33.3 Å². The fraction of sp³-hybridized carbons (Fsp3) is 0.350. The van der Waals surface area contributed by atoms with Gasteiger partial charge < -0.3 is 9.47 Å². The van der Waals surface area contributed by atoms with Gasteiger partial charge in [0, 0.05) is 6.54 Å². The van der Waals surface area contributed by atoms with E-state index in [2.05, 4.69) is 6.58 Å². The van der Waals surface area contributed by atoms with E-state index in [1.807, 2.05) is 56.3 Å². The molecule has 0 bridgehead atoms. The Morgan fingerprint density at radius 1 is 1.29 bits per heavy atom. The van der Waals surface area contributed by atoms with Crippen LogP contribution in [0.5, 0.6) is 0 Å². The van der Waals surface area contributed by atoms with Crippen LogP contribution in [0.15, 0.2) is 66.1 Å². The van der Waals surface area contributed by atoms with E-state index in [9.17, 15) is 4.79 Å². The van der Waals surface area contributed by atoms with Crippen molar-refractivity contribution >= 4 is 6.09 Å². The van der Waals surface area contributed by atoms with E-state index in [1.54, 1.807) is 4.90 Å². The number of nitrogens with zero attached hydrogens (tertiary/aromatic N) is 1. The molecular weight excluding hydrogens is 302 g/mol. The molecule has 1 aliphatic heterocycles. The number of rotatable bonds is 6. The second kappa shape index (κ2) is 8.96. The number of amides is 1. The summed E-state index contributed by atoms with van der Waals surface area (Å²) in [6.45, 7) is 9.14. The van der Waals surface area contributed by atoms with Crippen molar-refractivity contribution in [2.24, 2.45) is 0 Å². The highest BCUT2D eigenvalue weighted by molar-refractivity contribution is 5.71. The van der Waals surface area contributed by atoms with Gasteiger partial charge in [0.25, 0.3) is 0 Å². The topological polar surface area (TPSA) is 38.8 Å². The van der Waals surface area contributed by atoms with Gasteiger partial charge in [-0.2, -0.15) is 0 Å². The predicted molar refractivity (Wildman–Crippen MR) is 95.2 cm³/mol. The third-order valence-corrected chi connectivity index (χ3v) is 3.57. The lowest BCUT2D eigenvalue weighted by Crippen LogP contribution is -2.35. The molecule has 0 aromatic heterocycles. The van der Waals surface area contributed by atoms with Gasteiger partial charge in [0.2, 0.25) is 0 Å². The van der Waals surface area contributed by atoms with E-state index in [1.165, 1.54) is 0 Å². The quantitative estimate of drug-likeness (QED) is 0.556. The zero-order chi connectivity index (χ0) is 17.4. The zero-order valence-corrected chi connectivity index (χ0v) is 14.5. The molecule has 4 heteroatoms. The SMILES string of the molecule is C=C(C)/C=C(/OCC)C1=CCCCN1C(=O)OCc1ccccc1. The first-order valence-electron chi connectivity index (χ1n) is 8.30. The fourth-order valence-electron chi connectivity index (χ4n) is 2.51. The number of carbonyl (C=O) groups is 1. The summed E-state index contributed by atoms with van der Waals surface area (Å²) in [5.74, 6) is 0.668. The van der Waals surface area contributed by atoms with Gasteiger partial charge in [-0.25, -0.2) is 4.79 Å². The van der Waals surface area contributed by atoms with Crippen molar-refractivity contribution in [1.29, 1.82) is 0 Å². The normalized spacial score (nSPS) is 14.8. The van der Waals surface area contributed by atoms with Crippen LogP contribution in [-0.2, 0) is 16.1 Å². The maximum absolute atomic E-state index is 12.5. The van der Waals surface area contributed by atoms with Crippen molar-refractivity contribution in [2.75, 3.05) is 13.2 Å². The summed E-state index contributed by atoms with van der Waals surface area (Å²) < 4.78 is 11.2. The summed E-state index contributed by atoms with van der Waals surface area (Å²) in [5.41, 5.74) is 2.61. The van der Waals surface area contributed by atoms with Crippen LogP contribution < -0.4 is 0 Å². The summed E-state index contributed by atoms with van der Waals surface area (Å²) in [6.07, 6.45) is 5.36. The summed E-state index contributed by atoms with van der Waals surface area (Å²) in [5, 5.41) is 0. The molecule has 4 nitrogen and oxygen atoms in total.